The van der Waals surface area contributed by atoms with E-state index < -0.39 is 5.82 Å². The molecule has 5 nitrogen and oxygen atoms in total. The van der Waals surface area contributed by atoms with Gasteiger partial charge in [-0.15, -0.1) is 10.2 Å². The van der Waals surface area contributed by atoms with E-state index in [1.165, 1.54) is 6.07 Å². The Bertz CT molecular complexity index is 605. The van der Waals surface area contributed by atoms with Gasteiger partial charge in [-0.3, -0.25) is 0 Å². The molecule has 0 amide bonds. The largest absolute Gasteiger partial charge is 0.481 e. The molecule has 0 radical (unpaired) electrons. The Morgan fingerprint density at radius 1 is 1.29 bits per heavy atom. The van der Waals surface area contributed by atoms with Crippen LogP contribution in [0, 0.1) is 12.7 Å². The number of aryl methyl sites for hydroxylation is 1. The van der Waals surface area contributed by atoms with Crippen LogP contribution in [0.15, 0.2) is 22.6 Å². The number of hydrogen-bond acceptors (Lipinski definition) is 5. The van der Waals surface area contributed by atoms with Crippen LogP contribution in [0.4, 0.5) is 4.39 Å². The van der Waals surface area contributed by atoms with Crippen molar-refractivity contribution in [3.8, 4) is 5.75 Å². The van der Waals surface area contributed by atoms with E-state index in [9.17, 15) is 4.39 Å². The van der Waals surface area contributed by atoms with Crippen molar-refractivity contribution in [3.05, 3.63) is 41.4 Å². The van der Waals surface area contributed by atoms with E-state index in [1.807, 2.05) is 6.07 Å². The Labute approximate surface area is 123 Å². The normalized spacial score (nSPS) is 11.7. The first-order chi connectivity index (χ1) is 9.83. The minimum absolute atomic E-state index is 0.0124. The van der Waals surface area contributed by atoms with Crippen molar-refractivity contribution in [3.63, 3.8) is 0 Å². The maximum Gasteiger partial charge on any atom is 0.253 e. The van der Waals surface area contributed by atoms with Crippen LogP contribution < -0.4 is 10.1 Å². The van der Waals surface area contributed by atoms with Crippen LogP contribution in [0.1, 0.15) is 38.1 Å². The lowest BCUT2D eigenvalue weighted by atomic mass is 10.1. The van der Waals surface area contributed by atoms with E-state index in [2.05, 4.69) is 36.3 Å². The number of rotatable bonds is 5. The molecule has 1 aromatic carbocycles. The summed E-state index contributed by atoms with van der Waals surface area (Å²) in [6, 6.07) is 4.90. The van der Waals surface area contributed by atoms with Crippen LogP contribution in [-0.2, 0) is 13.2 Å². The van der Waals surface area contributed by atoms with Gasteiger partial charge >= 0.3 is 0 Å². The van der Waals surface area contributed by atoms with E-state index in [0.29, 0.717) is 18.3 Å². The smallest absolute Gasteiger partial charge is 0.253 e. The summed E-state index contributed by atoms with van der Waals surface area (Å²) >= 11 is 0. The molecule has 0 fully saturated rings. The predicted molar refractivity (Wildman–Crippen MR) is 76.4 cm³/mol. The molecule has 0 bridgehead atoms. The molecular weight excluding hydrogens is 273 g/mol. The number of nitrogens with zero attached hydrogens (tertiary/aromatic N) is 2. The van der Waals surface area contributed by atoms with Gasteiger partial charge in [0.05, 0.1) is 0 Å². The SMILES string of the molecule is Cc1nnc(COc2ccc(CNC(C)(C)C)cc2F)o1. The van der Waals surface area contributed by atoms with Crippen LogP contribution in [-0.4, -0.2) is 15.7 Å². The Balaban J connectivity index is 1.95. The Kier molecular flexibility index (Phi) is 4.57. The first kappa shape index (κ1) is 15.4. The van der Waals surface area contributed by atoms with E-state index >= 15 is 0 Å². The molecule has 1 aromatic heterocycles. The monoisotopic (exact) mass is 293 g/mol. The Morgan fingerprint density at radius 2 is 2.05 bits per heavy atom. The van der Waals surface area contributed by atoms with Crippen LogP contribution in [0.2, 0.25) is 0 Å². The molecule has 2 aromatic rings. The zero-order chi connectivity index (χ0) is 15.5. The van der Waals surface area contributed by atoms with Crippen molar-refractivity contribution in [2.45, 2.75) is 46.4 Å². The first-order valence-electron chi connectivity index (χ1n) is 6.79. The van der Waals surface area contributed by atoms with Crippen LogP contribution in [0.5, 0.6) is 5.75 Å². The molecule has 0 spiro atoms. The van der Waals surface area contributed by atoms with Gasteiger partial charge in [-0.25, -0.2) is 4.39 Å². The fourth-order valence-electron chi connectivity index (χ4n) is 1.67. The van der Waals surface area contributed by atoms with Crippen LogP contribution in [0.3, 0.4) is 0 Å². The summed E-state index contributed by atoms with van der Waals surface area (Å²) in [5.41, 5.74) is 0.852. The van der Waals surface area contributed by atoms with Crippen molar-refractivity contribution in [1.29, 1.82) is 0 Å². The average molecular weight is 293 g/mol. The van der Waals surface area contributed by atoms with E-state index in [4.69, 9.17) is 9.15 Å². The lowest BCUT2D eigenvalue weighted by Crippen LogP contribution is -2.35. The molecule has 0 aliphatic rings. The summed E-state index contributed by atoms with van der Waals surface area (Å²) < 4.78 is 24.5. The highest BCUT2D eigenvalue weighted by atomic mass is 19.1. The third kappa shape index (κ3) is 4.82. The number of benzene rings is 1. The van der Waals surface area contributed by atoms with Gasteiger partial charge in [0.1, 0.15) is 0 Å². The van der Waals surface area contributed by atoms with Gasteiger partial charge in [0.15, 0.2) is 18.2 Å². The fourth-order valence-corrected chi connectivity index (χ4v) is 1.67. The lowest BCUT2D eigenvalue weighted by Gasteiger charge is -2.20. The standard InChI is InChI=1S/C15H20FN3O2/c1-10-18-19-14(21-10)9-20-13-6-5-11(7-12(13)16)8-17-15(2,3)4/h5-7,17H,8-9H2,1-4H3. The highest BCUT2D eigenvalue weighted by Crippen LogP contribution is 2.20. The topological polar surface area (TPSA) is 60.2 Å². The van der Waals surface area contributed by atoms with Crippen molar-refractivity contribution < 1.29 is 13.5 Å². The van der Waals surface area contributed by atoms with Crippen molar-refractivity contribution in [1.82, 2.24) is 15.5 Å². The van der Waals surface area contributed by atoms with E-state index in [-0.39, 0.29) is 17.9 Å². The fraction of sp³-hybridized carbons (Fsp3) is 0.467. The third-order valence-electron chi connectivity index (χ3n) is 2.74. The van der Waals surface area contributed by atoms with Crippen molar-refractivity contribution in [2.24, 2.45) is 0 Å². The molecule has 1 N–H and O–H groups in total. The van der Waals surface area contributed by atoms with Gasteiger partial charge in [0, 0.05) is 19.0 Å². The molecule has 2 rings (SSSR count). The molecule has 0 saturated heterocycles. The molecule has 0 saturated carbocycles. The zero-order valence-corrected chi connectivity index (χ0v) is 12.7. The van der Waals surface area contributed by atoms with Gasteiger partial charge in [0.25, 0.3) is 5.89 Å². The van der Waals surface area contributed by atoms with E-state index in [1.54, 1.807) is 13.0 Å². The summed E-state index contributed by atoms with van der Waals surface area (Å²) in [6.45, 7) is 8.53. The predicted octanol–water partition coefficient (Wildman–Crippen LogP) is 2.98. The summed E-state index contributed by atoms with van der Waals surface area (Å²) in [4.78, 5) is 0. The molecule has 0 aliphatic heterocycles. The van der Waals surface area contributed by atoms with Gasteiger partial charge in [0.2, 0.25) is 5.89 Å². The van der Waals surface area contributed by atoms with Gasteiger partial charge in [-0.05, 0) is 38.5 Å². The zero-order valence-electron chi connectivity index (χ0n) is 12.7. The molecular formula is C15H20FN3O2. The molecule has 1 heterocycles. The maximum atomic E-state index is 14.0. The minimum atomic E-state index is -0.403. The highest BCUT2D eigenvalue weighted by Gasteiger charge is 2.11. The maximum absolute atomic E-state index is 14.0. The number of nitrogens with one attached hydrogen (secondary N) is 1. The number of ether oxygens (including phenoxy) is 1. The molecule has 6 heteroatoms. The summed E-state index contributed by atoms with van der Waals surface area (Å²) in [7, 11) is 0. The second kappa shape index (κ2) is 6.22. The summed E-state index contributed by atoms with van der Waals surface area (Å²) in [5, 5.41) is 10.8. The second-order valence-corrected chi connectivity index (χ2v) is 5.87. The van der Waals surface area contributed by atoms with Crippen LogP contribution >= 0.6 is 0 Å². The van der Waals surface area contributed by atoms with Crippen molar-refractivity contribution in [2.75, 3.05) is 0 Å². The Morgan fingerprint density at radius 3 is 2.62 bits per heavy atom. The number of hydrogen-bond donors (Lipinski definition) is 1. The third-order valence-corrected chi connectivity index (χ3v) is 2.74. The summed E-state index contributed by atoms with van der Waals surface area (Å²) in [6.07, 6.45) is 0. The summed E-state index contributed by atoms with van der Waals surface area (Å²) in [5.74, 6) is 0.549. The average Bonchev–Trinajstić information content (AvgIpc) is 2.80. The molecule has 114 valence electrons. The molecule has 0 unspecified atom stereocenters. The highest BCUT2D eigenvalue weighted by molar-refractivity contribution is 5.29. The first-order valence-corrected chi connectivity index (χ1v) is 6.79. The minimum Gasteiger partial charge on any atom is -0.481 e. The van der Waals surface area contributed by atoms with Gasteiger partial charge in [-0.2, -0.15) is 0 Å². The van der Waals surface area contributed by atoms with Gasteiger partial charge in [-0.1, -0.05) is 6.07 Å². The quantitative estimate of drug-likeness (QED) is 0.918. The van der Waals surface area contributed by atoms with Crippen LogP contribution in [0.25, 0.3) is 0 Å². The second-order valence-electron chi connectivity index (χ2n) is 5.87. The van der Waals surface area contributed by atoms with Crippen molar-refractivity contribution >= 4 is 0 Å². The molecule has 0 atom stereocenters. The molecule has 21 heavy (non-hydrogen) atoms. The number of halogens is 1. The molecule has 0 aliphatic carbocycles. The number of aromatic nitrogens is 2. The Hall–Kier alpha value is -1.95. The van der Waals surface area contributed by atoms with Gasteiger partial charge < -0.3 is 14.5 Å². The van der Waals surface area contributed by atoms with E-state index in [0.717, 1.165) is 5.56 Å². The lowest BCUT2D eigenvalue weighted by molar-refractivity contribution is 0.249.